The van der Waals surface area contributed by atoms with Crippen LogP contribution in [0.25, 0.3) is 0 Å². The van der Waals surface area contributed by atoms with Gasteiger partial charge in [0.15, 0.2) is 0 Å². The van der Waals surface area contributed by atoms with E-state index in [0.29, 0.717) is 6.04 Å². The average Bonchev–Trinajstić information content (AvgIpc) is 2.38. The van der Waals surface area contributed by atoms with Gasteiger partial charge in [0.1, 0.15) is 18.0 Å². The van der Waals surface area contributed by atoms with Gasteiger partial charge in [0.05, 0.1) is 0 Å². The molecule has 0 bridgehead atoms. The highest BCUT2D eigenvalue weighted by atomic mass is 15.2. The van der Waals surface area contributed by atoms with Gasteiger partial charge >= 0.3 is 0 Å². The predicted octanol–water partition coefficient (Wildman–Crippen LogP) is 1.25. The second-order valence-corrected chi connectivity index (χ2v) is 5.29. The fraction of sp³-hybridized carbons (Fsp3) is 0.692. The Bertz CT molecular complexity index is 393. The highest BCUT2D eigenvalue weighted by Gasteiger charge is 2.19. The number of hydrogen-bond donors (Lipinski definition) is 1. The van der Waals surface area contributed by atoms with Gasteiger partial charge in [-0.15, -0.1) is 0 Å². The minimum absolute atomic E-state index is 0.264. The summed E-state index contributed by atoms with van der Waals surface area (Å²) in [6, 6.07) is 2.74. The van der Waals surface area contributed by atoms with Crippen LogP contribution in [0.5, 0.6) is 0 Å². The van der Waals surface area contributed by atoms with E-state index in [9.17, 15) is 0 Å². The first-order chi connectivity index (χ1) is 8.58. The lowest BCUT2D eigenvalue weighted by Crippen LogP contribution is -2.43. The van der Waals surface area contributed by atoms with Crippen LogP contribution < -0.4 is 15.5 Å². The average molecular weight is 249 g/mol. The second-order valence-electron chi connectivity index (χ2n) is 5.29. The molecular weight excluding hydrogens is 226 g/mol. The van der Waals surface area contributed by atoms with Gasteiger partial charge in [-0.1, -0.05) is 0 Å². The number of piperidine rings is 1. The molecule has 2 rings (SSSR count). The van der Waals surface area contributed by atoms with Crippen molar-refractivity contribution in [2.75, 3.05) is 29.9 Å². The maximum atomic E-state index is 6.01. The maximum absolute atomic E-state index is 6.01. The zero-order valence-electron chi connectivity index (χ0n) is 11.5. The molecule has 2 heterocycles. The van der Waals surface area contributed by atoms with Gasteiger partial charge in [0.25, 0.3) is 0 Å². The number of nitrogens with two attached hydrogens (primary N) is 1. The lowest BCUT2D eigenvalue weighted by molar-refractivity contribution is 0.503. The number of aromatic nitrogens is 2. The number of rotatable bonds is 3. The molecule has 5 heteroatoms. The Morgan fingerprint density at radius 2 is 2.22 bits per heavy atom. The van der Waals surface area contributed by atoms with Crippen LogP contribution in [0.15, 0.2) is 12.4 Å². The van der Waals surface area contributed by atoms with Crippen LogP contribution in [0.3, 0.4) is 0 Å². The first kappa shape index (κ1) is 13.1. The van der Waals surface area contributed by atoms with Crippen LogP contribution in [-0.2, 0) is 0 Å². The van der Waals surface area contributed by atoms with Crippen molar-refractivity contribution in [2.24, 2.45) is 5.73 Å². The number of hydrogen-bond acceptors (Lipinski definition) is 5. The largest absolute Gasteiger partial charge is 0.357 e. The summed E-state index contributed by atoms with van der Waals surface area (Å²) in [4.78, 5) is 13.1. The summed E-state index contributed by atoms with van der Waals surface area (Å²) in [6.07, 6.45) is 3.89. The first-order valence-corrected chi connectivity index (χ1v) is 6.63. The van der Waals surface area contributed by atoms with Gasteiger partial charge in [-0.3, -0.25) is 0 Å². The van der Waals surface area contributed by atoms with Crippen molar-refractivity contribution < 1.29 is 0 Å². The van der Waals surface area contributed by atoms with E-state index in [1.54, 1.807) is 6.33 Å². The molecule has 0 spiro atoms. The molecule has 100 valence electrons. The molecule has 0 aromatic carbocycles. The molecule has 0 radical (unpaired) electrons. The second kappa shape index (κ2) is 5.52. The van der Waals surface area contributed by atoms with Crippen LogP contribution in [0.1, 0.15) is 26.7 Å². The van der Waals surface area contributed by atoms with Gasteiger partial charge in [-0.2, -0.15) is 0 Å². The topological polar surface area (TPSA) is 58.3 Å². The summed E-state index contributed by atoms with van der Waals surface area (Å²) in [7, 11) is 2.05. The summed E-state index contributed by atoms with van der Waals surface area (Å²) < 4.78 is 0. The zero-order chi connectivity index (χ0) is 13.1. The predicted molar refractivity (Wildman–Crippen MR) is 75.0 cm³/mol. The van der Waals surface area contributed by atoms with Crippen molar-refractivity contribution in [3.8, 4) is 0 Å². The molecule has 1 aromatic heterocycles. The molecular formula is C13H23N5. The van der Waals surface area contributed by atoms with Gasteiger partial charge in [0.2, 0.25) is 0 Å². The molecule has 2 N–H and O–H groups in total. The van der Waals surface area contributed by atoms with E-state index in [-0.39, 0.29) is 6.04 Å². The van der Waals surface area contributed by atoms with Crippen LogP contribution in [0.4, 0.5) is 11.6 Å². The first-order valence-electron chi connectivity index (χ1n) is 6.63. The molecule has 5 nitrogen and oxygen atoms in total. The van der Waals surface area contributed by atoms with E-state index in [1.165, 1.54) is 0 Å². The molecule has 1 atom stereocenters. The van der Waals surface area contributed by atoms with Crippen LogP contribution in [0, 0.1) is 0 Å². The minimum Gasteiger partial charge on any atom is -0.357 e. The summed E-state index contributed by atoms with van der Waals surface area (Å²) in [5.74, 6) is 1.96. The van der Waals surface area contributed by atoms with Crippen molar-refractivity contribution in [2.45, 2.75) is 38.8 Å². The monoisotopic (exact) mass is 249 g/mol. The molecule has 1 saturated heterocycles. The van der Waals surface area contributed by atoms with E-state index in [2.05, 4.69) is 46.7 Å². The third kappa shape index (κ3) is 2.90. The number of nitrogens with zero attached hydrogens (tertiary/aromatic N) is 4. The summed E-state index contributed by atoms with van der Waals surface area (Å²) >= 11 is 0. The maximum Gasteiger partial charge on any atom is 0.134 e. The van der Waals surface area contributed by atoms with E-state index in [0.717, 1.165) is 37.6 Å². The smallest absolute Gasteiger partial charge is 0.134 e. The van der Waals surface area contributed by atoms with Crippen molar-refractivity contribution in [3.05, 3.63) is 12.4 Å². The molecule has 1 aromatic rings. The normalized spacial score (nSPS) is 20.3. The van der Waals surface area contributed by atoms with Crippen LogP contribution >= 0.6 is 0 Å². The Balaban J connectivity index is 2.16. The molecule has 1 aliphatic rings. The standard InChI is InChI=1S/C13H23N5/c1-10(2)17(3)12-7-13(16-9-15-12)18-6-4-5-11(14)8-18/h7,9-11H,4-6,8,14H2,1-3H3. The summed E-state index contributed by atoms with van der Waals surface area (Å²) in [5.41, 5.74) is 6.01. The molecule has 0 aliphatic carbocycles. The molecule has 1 aliphatic heterocycles. The highest BCUT2D eigenvalue weighted by molar-refractivity contribution is 5.50. The van der Waals surface area contributed by atoms with Gasteiger partial charge < -0.3 is 15.5 Å². The van der Waals surface area contributed by atoms with Crippen molar-refractivity contribution in [1.82, 2.24) is 9.97 Å². The molecule has 0 saturated carbocycles. The van der Waals surface area contributed by atoms with E-state index in [4.69, 9.17) is 5.73 Å². The fourth-order valence-corrected chi connectivity index (χ4v) is 2.19. The summed E-state index contributed by atoms with van der Waals surface area (Å²) in [6.45, 7) is 6.23. The van der Waals surface area contributed by atoms with Gasteiger partial charge in [-0.25, -0.2) is 9.97 Å². The van der Waals surface area contributed by atoms with Crippen LogP contribution in [0.2, 0.25) is 0 Å². The number of anilines is 2. The minimum atomic E-state index is 0.264. The van der Waals surface area contributed by atoms with Crippen molar-refractivity contribution in [1.29, 1.82) is 0 Å². The Hall–Kier alpha value is -1.36. The SMILES string of the molecule is CC(C)N(C)c1cc(N2CCCC(N)C2)ncn1. The molecule has 1 fully saturated rings. The zero-order valence-corrected chi connectivity index (χ0v) is 11.5. The summed E-state index contributed by atoms with van der Waals surface area (Å²) in [5, 5.41) is 0. The van der Waals surface area contributed by atoms with Crippen molar-refractivity contribution >= 4 is 11.6 Å². The van der Waals surface area contributed by atoms with Gasteiger partial charge in [0, 0.05) is 38.3 Å². The lowest BCUT2D eigenvalue weighted by Gasteiger charge is -2.32. The van der Waals surface area contributed by atoms with E-state index < -0.39 is 0 Å². The van der Waals surface area contributed by atoms with E-state index >= 15 is 0 Å². The lowest BCUT2D eigenvalue weighted by atomic mass is 10.1. The quantitative estimate of drug-likeness (QED) is 0.873. The Kier molecular flexibility index (Phi) is 4.01. The Morgan fingerprint density at radius 3 is 2.89 bits per heavy atom. The van der Waals surface area contributed by atoms with Crippen LogP contribution in [-0.4, -0.2) is 42.2 Å². The fourth-order valence-electron chi connectivity index (χ4n) is 2.19. The van der Waals surface area contributed by atoms with E-state index in [1.807, 2.05) is 0 Å². The molecule has 18 heavy (non-hydrogen) atoms. The Morgan fingerprint density at radius 1 is 1.44 bits per heavy atom. The van der Waals surface area contributed by atoms with Gasteiger partial charge in [-0.05, 0) is 26.7 Å². The third-order valence-electron chi connectivity index (χ3n) is 3.56. The molecule has 0 amide bonds. The third-order valence-corrected chi connectivity index (χ3v) is 3.56. The van der Waals surface area contributed by atoms with Crippen molar-refractivity contribution in [3.63, 3.8) is 0 Å². The molecule has 1 unspecified atom stereocenters. The highest BCUT2D eigenvalue weighted by Crippen LogP contribution is 2.21. The Labute approximate surface area is 109 Å².